The summed E-state index contributed by atoms with van der Waals surface area (Å²) in [7, 11) is 0. The van der Waals surface area contributed by atoms with Crippen LogP contribution in [0, 0.1) is 0 Å². The molecule has 0 aliphatic heterocycles. The molecule has 0 amide bonds. The van der Waals surface area contributed by atoms with E-state index in [4.69, 9.17) is 10.2 Å². The number of rotatable bonds is 3. The highest BCUT2D eigenvalue weighted by Gasteiger charge is 2.01. The maximum Gasteiger partial charge on any atom is 0.105 e. The first-order valence-corrected chi connectivity index (χ1v) is 3.61. The van der Waals surface area contributed by atoms with Crippen LogP contribution in [0.15, 0.2) is 22.8 Å². The van der Waals surface area contributed by atoms with Crippen LogP contribution in [-0.4, -0.2) is 6.04 Å². The van der Waals surface area contributed by atoms with Crippen LogP contribution in [0.4, 0.5) is 0 Å². The Bertz CT molecular complexity index is 169. The minimum atomic E-state index is 0.242. The first kappa shape index (κ1) is 7.35. The lowest BCUT2D eigenvalue weighted by Crippen LogP contribution is -2.20. The Kier molecular flexibility index (Phi) is 2.51. The normalized spacial score (nSPS) is 13.4. The lowest BCUT2D eigenvalue weighted by Gasteiger charge is -2.03. The van der Waals surface area contributed by atoms with E-state index >= 15 is 0 Å². The van der Waals surface area contributed by atoms with Gasteiger partial charge in [-0.15, -0.1) is 0 Å². The Morgan fingerprint density at radius 3 is 3.00 bits per heavy atom. The molecule has 1 unspecified atom stereocenters. The highest BCUT2D eigenvalue weighted by Crippen LogP contribution is 2.03. The molecule has 1 atom stereocenters. The summed E-state index contributed by atoms with van der Waals surface area (Å²) in [5.41, 5.74) is 5.70. The van der Waals surface area contributed by atoms with E-state index in [9.17, 15) is 0 Å². The van der Waals surface area contributed by atoms with E-state index in [0.29, 0.717) is 0 Å². The van der Waals surface area contributed by atoms with Crippen LogP contribution in [0.1, 0.15) is 19.1 Å². The first-order chi connectivity index (χ1) is 4.83. The Morgan fingerprint density at radius 1 is 1.70 bits per heavy atom. The molecular weight excluding hydrogens is 126 g/mol. The quantitative estimate of drug-likeness (QED) is 0.690. The molecule has 0 radical (unpaired) electrons. The average molecular weight is 139 g/mol. The zero-order valence-electron chi connectivity index (χ0n) is 6.21. The zero-order valence-corrected chi connectivity index (χ0v) is 6.21. The summed E-state index contributed by atoms with van der Waals surface area (Å²) in [6, 6.07) is 4.08. The molecule has 0 aromatic carbocycles. The highest BCUT2D eigenvalue weighted by atomic mass is 16.3. The second-order valence-corrected chi connectivity index (χ2v) is 2.45. The number of hydrogen-bond acceptors (Lipinski definition) is 2. The van der Waals surface area contributed by atoms with Crippen LogP contribution in [0.25, 0.3) is 0 Å². The fourth-order valence-corrected chi connectivity index (χ4v) is 0.831. The summed E-state index contributed by atoms with van der Waals surface area (Å²) >= 11 is 0. The summed E-state index contributed by atoms with van der Waals surface area (Å²) in [5, 5.41) is 0. The van der Waals surface area contributed by atoms with Crippen molar-refractivity contribution in [2.45, 2.75) is 25.8 Å². The summed E-state index contributed by atoms with van der Waals surface area (Å²) in [6.07, 6.45) is 3.53. The van der Waals surface area contributed by atoms with Gasteiger partial charge in [0.2, 0.25) is 0 Å². The van der Waals surface area contributed by atoms with Crippen molar-refractivity contribution in [2.24, 2.45) is 5.73 Å². The van der Waals surface area contributed by atoms with Crippen LogP contribution in [-0.2, 0) is 6.42 Å². The van der Waals surface area contributed by atoms with E-state index in [1.54, 1.807) is 6.26 Å². The van der Waals surface area contributed by atoms with Crippen molar-refractivity contribution >= 4 is 0 Å². The molecule has 10 heavy (non-hydrogen) atoms. The van der Waals surface area contributed by atoms with Gasteiger partial charge in [0.15, 0.2) is 0 Å². The second kappa shape index (κ2) is 3.42. The highest BCUT2D eigenvalue weighted by molar-refractivity contribution is 4.99. The van der Waals surface area contributed by atoms with Gasteiger partial charge in [-0.05, 0) is 18.6 Å². The average Bonchev–Trinajstić information content (AvgIpc) is 2.40. The molecule has 1 aromatic heterocycles. The third-order valence-electron chi connectivity index (χ3n) is 1.57. The zero-order chi connectivity index (χ0) is 7.40. The number of furan rings is 1. The van der Waals surface area contributed by atoms with Crippen molar-refractivity contribution in [3.8, 4) is 0 Å². The standard InChI is InChI=1S/C8H13NO/c1-2-7(9)6-8-4-3-5-10-8/h3-5,7H,2,6,9H2,1H3. The predicted octanol–water partition coefficient (Wildman–Crippen LogP) is 1.56. The third kappa shape index (κ3) is 1.88. The Morgan fingerprint density at radius 2 is 2.50 bits per heavy atom. The van der Waals surface area contributed by atoms with Crippen LogP contribution in [0.5, 0.6) is 0 Å². The monoisotopic (exact) mass is 139 g/mol. The minimum Gasteiger partial charge on any atom is -0.469 e. The second-order valence-electron chi connectivity index (χ2n) is 2.45. The molecule has 2 N–H and O–H groups in total. The summed E-state index contributed by atoms with van der Waals surface area (Å²) in [5.74, 6) is 0.981. The smallest absolute Gasteiger partial charge is 0.105 e. The van der Waals surface area contributed by atoms with E-state index in [0.717, 1.165) is 18.6 Å². The van der Waals surface area contributed by atoms with Crippen LogP contribution >= 0.6 is 0 Å². The summed E-state index contributed by atoms with van der Waals surface area (Å²) in [4.78, 5) is 0. The molecule has 0 aliphatic rings. The molecule has 1 heterocycles. The van der Waals surface area contributed by atoms with Gasteiger partial charge in [-0.1, -0.05) is 6.92 Å². The van der Waals surface area contributed by atoms with Gasteiger partial charge in [0.05, 0.1) is 6.26 Å². The number of hydrogen-bond donors (Lipinski definition) is 1. The molecular formula is C8H13NO. The lowest BCUT2D eigenvalue weighted by molar-refractivity contribution is 0.480. The fraction of sp³-hybridized carbons (Fsp3) is 0.500. The molecule has 1 aromatic rings. The van der Waals surface area contributed by atoms with Gasteiger partial charge in [-0.25, -0.2) is 0 Å². The van der Waals surface area contributed by atoms with E-state index in [-0.39, 0.29) is 6.04 Å². The Balaban J connectivity index is 2.40. The minimum absolute atomic E-state index is 0.242. The molecule has 0 fully saturated rings. The van der Waals surface area contributed by atoms with Gasteiger partial charge in [-0.3, -0.25) is 0 Å². The van der Waals surface area contributed by atoms with Crippen molar-refractivity contribution in [2.75, 3.05) is 0 Å². The van der Waals surface area contributed by atoms with E-state index in [2.05, 4.69) is 6.92 Å². The lowest BCUT2D eigenvalue weighted by atomic mass is 10.1. The molecule has 0 saturated carbocycles. The van der Waals surface area contributed by atoms with Crippen LogP contribution in [0.3, 0.4) is 0 Å². The fourth-order valence-electron chi connectivity index (χ4n) is 0.831. The topological polar surface area (TPSA) is 39.2 Å². The maximum atomic E-state index is 5.70. The Hall–Kier alpha value is -0.760. The number of nitrogens with two attached hydrogens (primary N) is 1. The molecule has 1 rings (SSSR count). The maximum absolute atomic E-state index is 5.70. The summed E-state index contributed by atoms with van der Waals surface area (Å²) < 4.78 is 5.13. The largest absolute Gasteiger partial charge is 0.469 e. The van der Waals surface area contributed by atoms with Crippen LogP contribution < -0.4 is 5.73 Å². The van der Waals surface area contributed by atoms with Crippen molar-refractivity contribution in [3.05, 3.63) is 24.2 Å². The Labute approximate surface area is 61.0 Å². The molecule has 2 heteroatoms. The molecule has 0 aliphatic carbocycles. The van der Waals surface area contributed by atoms with Crippen molar-refractivity contribution < 1.29 is 4.42 Å². The van der Waals surface area contributed by atoms with Gasteiger partial charge in [0, 0.05) is 12.5 Å². The van der Waals surface area contributed by atoms with Crippen LogP contribution in [0.2, 0.25) is 0 Å². The van der Waals surface area contributed by atoms with E-state index in [1.807, 2.05) is 12.1 Å². The molecule has 0 saturated heterocycles. The molecule has 2 nitrogen and oxygen atoms in total. The molecule has 0 bridgehead atoms. The van der Waals surface area contributed by atoms with Gasteiger partial charge >= 0.3 is 0 Å². The summed E-state index contributed by atoms with van der Waals surface area (Å²) in [6.45, 7) is 2.08. The van der Waals surface area contributed by atoms with E-state index < -0.39 is 0 Å². The van der Waals surface area contributed by atoms with Gasteiger partial charge in [0.1, 0.15) is 5.76 Å². The molecule has 0 spiro atoms. The van der Waals surface area contributed by atoms with E-state index in [1.165, 1.54) is 0 Å². The van der Waals surface area contributed by atoms with Crippen molar-refractivity contribution in [3.63, 3.8) is 0 Å². The van der Waals surface area contributed by atoms with Crippen molar-refractivity contribution in [1.29, 1.82) is 0 Å². The molecule has 56 valence electrons. The third-order valence-corrected chi connectivity index (χ3v) is 1.57. The first-order valence-electron chi connectivity index (χ1n) is 3.61. The van der Waals surface area contributed by atoms with Gasteiger partial charge in [0.25, 0.3) is 0 Å². The van der Waals surface area contributed by atoms with Gasteiger partial charge < -0.3 is 10.2 Å². The predicted molar refractivity (Wildman–Crippen MR) is 40.7 cm³/mol. The van der Waals surface area contributed by atoms with Gasteiger partial charge in [-0.2, -0.15) is 0 Å². The van der Waals surface area contributed by atoms with Crippen molar-refractivity contribution in [1.82, 2.24) is 0 Å². The SMILES string of the molecule is CCC(N)Cc1ccco1.